The Morgan fingerprint density at radius 1 is 0.933 bits per heavy atom. The van der Waals surface area contributed by atoms with Crippen LogP contribution in [0.4, 0.5) is 5.69 Å². The third-order valence-electron chi connectivity index (χ3n) is 4.61. The topological polar surface area (TPSA) is 78.8 Å². The number of aromatic nitrogens is 1. The molecule has 0 fully saturated rings. The molecule has 3 aromatic rings. The van der Waals surface area contributed by atoms with E-state index in [1.807, 2.05) is 31.2 Å². The van der Waals surface area contributed by atoms with Gasteiger partial charge in [0.25, 0.3) is 11.5 Å². The first kappa shape index (κ1) is 21.0. The summed E-state index contributed by atoms with van der Waals surface area (Å²) in [5, 5.41) is 2.85. The first-order chi connectivity index (χ1) is 14.4. The fourth-order valence-electron chi connectivity index (χ4n) is 3.06. The molecule has 0 unspecified atom stereocenters. The van der Waals surface area contributed by atoms with Gasteiger partial charge >= 0.3 is 0 Å². The van der Waals surface area contributed by atoms with Crippen LogP contribution in [0.25, 0.3) is 0 Å². The average molecular weight is 408 g/mol. The number of hydrogen-bond donors (Lipinski definition) is 1. The molecule has 0 aliphatic carbocycles. The van der Waals surface area contributed by atoms with Crippen molar-refractivity contribution < 1.29 is 19.0 Å². The number of nitrogens with zero attached hydrogens (tertiary/aromatic N) is 1. The fraction of sp³-hybridized carbons (Fsp3) is 0.217. The highest BCUT2D eigenvalue weighted by Crippen LogP contribution is 2.26. The molecule has 0 spiro atoms. The maximum atomic E-state index is 12.8. The number of hydrogen-bond acceptors (Lipinski definition) is 5. The van der Waals surface area contributed by atoms with Crippen LogP contribution in [0.1, 0.15) is 21.5 Å². The highest BCUT2D eigenvalue weighted by molar-refractivity contribution is 6.04. The summed E-state index contributed by atoms with van der Waals surface area (Å²) in [6.45, 7) is 2.19. The lowest BCUT2D eigenvalue weighted by atomic mass is 10.1. The highest BCUT2D eigenvalue weighted by atomic mass is 16.5. The molecule has 0 aliphatic heterocycles. The summed E-state index contributed by atoms with van der Waals surface area (Å²) in [6, 6.07) is 13.8. The SMILES string of the molecule is COc1cc(Cn2cc(C(=O)Nc3cc(C)ccc3OC)ccc2=O)cc(OC)c1. The quantitative estimate of drug-likeness (QED) is 0.648. The molecule has 156 valence electrons. The minimum absolute atomic E-state index is 0.221. The van der Waals surface area contributed by atoms with Crippen molar-refractivity contribution in [2.75, 3.05) is 26.6 Å². The van der Waals surface area contributed by atoms with Crippen molar-refractivity contribution >= 4 is 11.6 Å². The van der Waals surface area contributed by atoms with E-state index in [1.54, 1.807) is 33.5 Å². The number of aryl methyl sites for hydroxylation is 1. The van der Waals surface area contributed by atoms with E-state index in [0.717, 1.165) is 11.1 Å². The van der Waals surface area contributed by atoms with Crippen LogP contribution in [-0.2, 0) is 6.54 Å². The van der Waals surface area contributed by atoms with Crippen molar-refractivity contribution in [3.63, 3.8) is 0 Å². The molecule has 3 rings (SSSR count). The van der Waals surface area contributed by atoms with Crippen molar-refractivity contribution in [2.45, 2.75) is 13.5 Å². The van der Waals surface area contributed by atoms with E-state index >= 15 is 0 Å². The van der Waals surface area contributed by atoms with E-state index in [9.17, 15) is 9.59 Å². The Kier molecular flexibility index (Phi) is 6.41. The van der Waals surface area contributed by atoms with Gasteiger partial charge in [0.15, 0.2) is 0 Å². The van der Waals surface area contributed by atoms with E-state index in [0.29, 0.717) is 28.5 Å². The second kappa shape index (κ2) is 9.17. The van der Waals surface area contributed by atoms with Crippen LogP contribution in [0.2, 0.25) is 0 Å². The monoisotopic (exact) mass is 408 g/mol. The summed E-state index contributed by atoms with van der Waals surface area (Å²) in [7, 11) is 4.67. The lowest BCUT2D eigenvalue weighted by molar-refractivity contribution is 0.102. The summed E-state index contributed by atoms with van der Waals surface area (Å²) in [6.07, 6.45) is 1.53. The molecule has 0 saturated heterocycles. The number of benzene rings is 2. The molecular formula is C23H24N2O5. The molecule has 1 heterocycles. The number of pyridine rings is 1. The van der Waals surface area contributed by atoms with Gasteiger partial charge in [-0.3, -0.25) is 9.59 Å². The van der Waals surface area contributed by atoms with Gasteiger partial charge in [0, 0.05) is 18.3 Å². The van der Waals surface area contributed by atoms with Crippen LogP contribution in [0.5, 0.6) is 17.2 Å². The van der Waals surface area contributed by atoms with Crippen LogP contribution in [0, 0.1) is 6.92 Å². The molecular weight excluding hydrogens is 384 g/mol. The van der Waals surface area contributed by atoms with Crippen molar-refractivity contribution in [1.29, 1.82) is 0 Å². The van der Waals surface area contributed by atoms with Gasteiger partial charge in [0.1, 0.15) is 17.2 Å². The molecule has 1 aromatic heterocycles. The summed E-state index contributed by atoms with van der Waals surface area (Å²) in [5.74, 6) is 1.47. The first-order valence-electron chi connectivity index (χ1n) is 9.32. The fourth-order valence-corrected chi connectivity index (χ4v) is 3.06. The number of nitrogens with one attached hydrogen (secondary N) is 1. The van der Waals surface area contributed by atoms with E-state index in [2.05, 4.69) is 5.32 Å². The third-order valence-corrected chi connectivity index (χ3v) is 4.61. The number of carbonyl (C=O) groups is 1. The Bertz CT molecular complexity index is 1100. The second-order valence-corrected chi connectivity index (χ2v) is 6.76. The average Bonchev–Trinajstić information content (AvgIpc) is 2.75. The number of rotatable bonds is 7. The van der Waals surface area contributed by atoms with Crippen molar-refractivity contribution in [3.8, 4) is 17.2 Å². The van der Waals surface area contributed by atoms with Gasteiger partial charge in [-0.1, -0.05) is 6.07 Å². The molecule has 0 saturated carbocycles. The van der Waals surface area contributed by atoms with Crippen LogP contribution < -0.4 is 25.1 Å². The third kappa shape index (κ3) is 4.81. The Morgan fingerprint density at radius 3 is 2.27 bits per heavy atom. The smallest absolute Gasteiger partial charge is 0.257 e. The molecule has 1 N–H and O–H groups in total. The van der Waals surface area contributed by atoms with Crippen LogP contribution >= 0.6 is 0 Å². The van der Waals surface area contributed by atoms with Gasteiger partial charge in [-0.05, 0) is 48.4 Å². The standard InChI is InChI=1S/C23H24N2O5/c1-15-5-7-21(30-4)20(9-15)24-23(27)17-6-8-22(26)25(14-17)13-16-10-18(28-2)12-19(11-16)29-3/h5-12,14H,13H2,1-4H3,(H,24,27). The van der Waals surface area contributed by atoms with E-state index in [1.165, 1.54) is 22.9 Å². The van der Waals surface area contributed by atoms with Crippen molar-refractivity contribution in [3.05, 3.63) is 81.8 Å². The second-order valence-electron chi connectivity index (χ2n) is 6.76. The lowest BCUT2D eigenvalue weighted by Gasteiger charge is -2.13. The largest absolute Gasteiger partial charge is 0.497 e. The molecule has 0 atom stereocenters. The highest BCUT2D eigenvalue weighted by Gasteiger charge is 2.12. The Labute approximate surface area is 174 Å². The molecule has 2 aromatic carbocycles. The minimum atomic E-state index is -0.337. The van der Waals surface area contributed by atoms with Crippen molar-refractivity contribution in [1.82, 2.24) is 4.57 Å². The Balaban J connectivity index is 1.88. The molecule has 0 radical (unpaired) electrons. The van der Waals surface area contributed by atoms with Crippen LogP contribution in [-0.4, -0.2) is 31.8 Å². The summed E-state index contributed by atoms with van der Waals surface area (Å²) >= 11 is 0. The maximum Gasteiger partial charge on any atom is 0.257 e. The zero-order chi connectivity index (χ0) is 21.7. The van der Waals surface area contributed by atoms with E-state index in [4.69, 9.17) is 14.2 Å². The predicted octanol–water partition coefficient (Wildman–Crippen LogP) is 3.48. The number of anilines is 1. The zero-order valence-electron chi connectivity index (χ0n) is 17.4. The van der Waals surface area contributed by atoms with Gasteiger partial charge in [0.05, 0.1) is 39.1 Å². The number of carbonyl (C=O) groups excluding carboxylic acids is 1. The number of ether oxygens (including phenoxy) is 3. The van der Waals surface area contributed by atoms with E-state index < -0.39 is 0 Å². The minimum Gasteiger partial charge on any atom is -0.497 e. The van der Waals surface area contributed by atoms with E-state index in [-0.39, 0.29) is 18.0 Å². The first-order valence-corrected chi connectivity index (χ1v) is 9.32. The van der Waals surface area contributed by atoms with Gasteiger partial charge in [-0.2, -0.15) is 0 Å². The number of methoxy groups -OCH3 is 3. The molecule has 0 bridgehead atoms. The Hall–Kier alpha value is -3.74. The zero-order valence-corrected chi connectivity index (χ0v) is 17.4. The molecule has 1 amide bonds. The molecule has 7 nitrogen and oxygen atoms in total. The number of amides is 1. The lowest BCUT2D eigenvalue weighted by Crippen LogP contribution is -2.22. The molecule has 0 aliphatic rings. The summed E-state index contributed by atoms with van der Waals surface area (Å²) < 4.78 is 17.3. The van der Waals surface area contributed by atoms with Gasteiger partial charge < -0.3 is 24.1 Å². The summed E-state index contributed by atoms with van der Waals surface area (Å²) in [5.41, 5.74) is 2.50. The van der Waals surface area contributed by atoms with Crippen molar-refractivity contribution in [2.24, 2.45) is 0 Å². The Morgan fingerprint density at radius 2 is 1.63 bits per heavy atom. The molecule has 7 heteroatoms. The predicted molar refractivity (Wildman–Crippen MR) is 115 cm³/mol. The van der Waals surface area contributed by atoms with Crippen LogP contribution in [0.15, 0.2) is 59.5 Å². The van der Waals surface area contributed by atoms with Gasteiger partial charge in [0.2, 0.25) is 0 Å². The van der Waals surface area contributed by atoms with Crippen LogP contribution in [0.3, 0.4) is 0 Å². The van der Waals surface area contributed by atoms with Gasteiger partial charge in [-0.15, -0.1) is 0 Å². The van der Waals surface area contributed by atoms with Gasteiger partial charge in [-0.25, -0.2) is 0 Å². The normalized spacial score (nSPS) is 10.4. The summed E-state index contributed by atoms with van der Waals surface area (Å²) in [4.78, 5) is 25.1. The maximum absolute atomic E-state index is 12.8. The molecule has 30 heavy (non-hydrogen) atoms.